The molecule has 0 bridgehead atoms. The third kappa shape index (κ3) is 2.16. The zero-order valence-electron chi connectivity index (χ0n) is 11.0. The van der Waals surface area contributed by atoms with E-state index >= 15 is 0 Å². The van der Waals surface area contributed by atoms with E-state index in [-0.39, 0.29) is 11.7 Å². The van der Waals surface area contributed by atoms with Crippen LogP contribution in [0.2, 0.25) is 0 Å². The van der Waals surface area contributed by atoms with Gasteiger partial charge in [-0.2, -0.15) is 0 Å². The smallest absolute Gasteiger partial charge is 0.254 e. The lowest BCUT2D eigenvalue weighted by Crippen LogP contribution is -2.33. The van der Waals surface area contributed by atoms with E-state index in [4.69, 9.17) is 0 Å². The molecule has 2 aromatic carbocycles. The Kier molecular flexibility index (Phi) is 2.90. The number of amides is 1. The van der Waals surface area contributed by atoms with Gasteiger partial charge in [0.25, 0.3) is 5.91 Å². The van der Waals surface area contributed by atoms with Gasteiger partial charge in [-0.25, -0.2) is 0 Å². The van der Waals surface area contributed by atoms with Crippen molar-refractivity contribution in [3.8, 4) is 5.75 Å². The molecule has 3 rings (SSSR count). The lowest BCUT2D eigenvalue weighted by atomic mass is 10.1. The number of carbonyl (C=O) groups is 1. The first-order valence-corrected chi connectivity index (χ1v) is 6.69. The van der Waals surface area contributed by atoms with Crippen molar-refractivity contribution in [3.05, 3.63) is 42.0 Å². The van der Waals surface area contributed by atoms with E-state index in [1.54, 1.807) is 12.1 Å². The van der Waals surface area contributed by atoms with Crippen molar-refractivity contribution in [1.29, 1.82) is 0 Å². The van der Waals surface area contributed by atoms with Gasteiger partial charge in [0, 0.05) is 18.2 Å². The van der Waals surface area contributed by atoms with Crippen LogP contribution in [0, 0.1) is 0 Å². The number of fused-ring (bicyclic) bond motifs is 1. The molecule has 1 atom stereocenters. The maximum atomic E-state index is 12.4. The molecule has 0 spiro atoms. The third-order valence-corrected chi connectivity index (χ3v) is 3.88. The SMILES string of the molecule is C[C@@H]1CCCN1C(=O)c1ccc2cc(O)ccc2c1. The van der Waals surface area contributed by atoms with Gasteiger partial charge in [-0.1, -0.05) is 12.1 Å². The number of carbonyl (C=O) groups excluding carboxylic acids is 1. The predicted octanol–water partition coefficient (Wildman–Crippen LogP) is 3.17. The molecule has 1 N–H and O–H groups in total. The zero-order valence-corrected chi connectivity index (χ0v) is 11.0. The minimum atomic E-state index is 0.111. The number of rotatable bonds is 1. The topological polar surface area (TPSA) is 40.5 Å². The Hall–Kier alpha value is -2.03. The molecule has 1 aliphatic rings. The van der Waals surface area contributed by atoms with E-state index in [2.05, 4.69) is 6.92 Å². The van der Waals surface area contributed by atoms with Crippen LogP contribution in [-0.4, -0.2) is 28.5 Å². The van der Waals surface area contributed by atoms with Gasteiger partial charge in [0.1, 0.15) is 5.75 Å². The van der Waals surface area contributed by atoms with E-state index in [1.165, 1.54) is 0 Å². The molecular weight excluding hydrogens is 238 g/mol. The molecule has 3 heteroatoms. The number of hydrogen-bond donors (Lipinski definition) is 1. The summed E-state index contributed by atoms with van der Waals surface area (Å²) in [6.45, 7) is 2.96. The Morgan fingerprint density at radius 1 is 1.21 bits per heavy atom. The third-order valence-electron chi connectivity index (χ3n) is 3.88. The summed E-state index contributed by atoms with van der Waals surface area (Å²) in [6, 6.07) is 11.2. The molecule has 1 heterocycles. The van der Waals surface area contributed by atoms with Gasteiger partial charge in [-0.3, -0.25) is 4.79 Å². The summed E-state index contributed by atoms with van der Waals surface area (Å²) in [5.41, 5.74) is 0.729. The molecule has 0 saturated carbocycles. The number of phenolic OH excluding ortho intramolecular Hbond substituents is 1. The van der Waals surface area contributed by atoms with E-state index in [0.29, 0.717) is 6.04 Å². The Labute approximate surface area is 112 Å². The second-order valence-corrected chi connectivity index (χ2v) is 5.24. The molecule has 1 saturated heterocycles. The number of likely N-dealkylation sites (tertiary alicyclic amines) is 1. The second-order valence-electron chi connectivity index (χ2n) is 5.24. The van der Waals surface area contributed by atoms with Gasteiger partial charge < -0.3 is 10.0 Å². The summed E-state index contributed by atoms with van der Waals surface area (Å²) in [7, 11) is 0. The van der Waals surface area contributed by atoms with Crippen molar-refractivity contribution < 1.29 is 9.90 Å². The van der Waals surface area contributed by atoms with Crippen LogP contribution in [0.3, 0.4) is 0 Å². The Morgan fingerprint density at radius 3 is 2.68 bits per heavy atom. The van der Waals surface area contributed by atoms with E-state index in [0.717, 1.165) is 35.7 Å². The Morgan fingerprint density at radius 2 is 1.95 bits per heavy atom. The maximum absolute atomic E-state index is 12.4. The number of hydrogen-bond acceptors (Lipinski definition) is 2. The summed E-state index contributed by atoms with van der Waals surface area (Å²) in [5, 5.41) is 11.4. The predicted molar refractivity (Wildman–Crippen MR) is 75.3 cm³/mol. The average Bonchev–Trinajstić information content (AvgIpc) is 2.83. The summed E-state index contributed by atoms with van der Waals surface area (Å²) in [6.07, 6.45) is 2.18. The van der Waals surface area contributed by atoms with Gasteiger partial charge in [-0.15, -0.1) is 0 Å². The van der Waals surface area contributed by atoms with Gasteiger partial charge >= 0.3 is 0 Å². The van der Waals surface area contributed by atoms with Crippen LogP contribution in [0.25, 0.3) is 10.8 Å². The Bertz CT molecular complexity index is 636. The highest BCUT2D eigenvalue weighted by Crippen LogP contribution is 2.24. The summed E-state index contributed by atoms with van der Waals surface area (Å²) in [4.78, 5) is 14.4. The zero-order chi connectivity index (χ0) is 13.4. The van der Waals surface area contributed by atoms with Crippen LogP contribution in [0.4, 0.5) is 0 Å². The van der Waals surface area contributed by atoms with Crippen LogP contribution in [0.1, 0.15) is 30.1 Å². The van der Waals surface area contributed by atoms with Crippen LogP contribution in [0.5, 0.6) is 5.75 Å². The molecule has 19 heavy (non-hydrogen) atoms. The molecule has 0 unspecified atom stereocenters. The maximum Gasteiger partial charge on any atom is 0.254 e. The molecule has 1 aliphatic heterocycles. The van der Waals surface area contributed by atoms with Crippen LogP contribution >= 0.6 is 0 Å². The highest BCUT2D eigenvalue weighted by Gasteiger charge is 2.25. The number of benzene rings is 2. The highest BCUT2D eigenvalue weighted by atomic mass is 16.3. The highest BCUT2D eigenvalue weighted by molar-refractivity contribution is 5.99. The van der Waals surface area contributed by atoms with Crippen LogP contribution in [-0.2, 0) is 0 Å². The van der Waals surface area contributed by atoms with Crippen molar-refractivity contribution in [2.75, 3.05) is 6.54 Å². The van der Waals surface area contributed by atoms with Crippen molar-refractivity contribution in [2.45, 2.75) is 25.8 Å². The molecule has 1 fully saturated rings. The Balaban J connectivity index is 1.97. The van der Waals surface area contributed by atoms with E-state index in [1.807, 2.05) is 29.2 Å². The minimum Gasteiger partial charge on any atom is -0.508 e. The first kappa shape index (κ1) is 12.0. The van der Waals surface area contributed by atoms with Gasteiger partial charge in [0.15, 0.2) is 0 Å². The number of nitrogens with zero attached hydrogens (tertiary/aromatic N) is 1. The molecule has 0 radical (unpaired) electrons. The number of phenols is 1. The fourth-order valence-corrected chi connectivity index (χ4v) is 2.77. The fraction of sp³-hybridized carbons (Fsp3) is 0.312. The van der Waals surface area contributed by atoms with E-state index < -0.39 is 0 Å². The summed E-state index contributed by atoms with van der Waals surface area (Å²) >= 11 is 0. The van der Waals surface area contributed by atoms with Crippen LogP contribution < -0.4 is 0 Å². The largest absolute Gasteiger partial charge is 0.508 e. The summed E-state index contributed by atoms with van der Waals surface area (Å²) in [5.74, 6) is 0.361. The first-order valence-electron chi connectivity index (χ1n) is 6.69. The van der Waals surface area contributed by atoms with Crippen LogP contribution in [0.15, 0.2) is 36.4 Å². The fourth-order valence-electron chi connectivity index (χ4n) is 2.77. The second kappa shape index (κ2) is 4.57. The molecule has 0 aromatic heterocycles. The molecule has 2 aromatic rings. The molecular formula is C16H17NO2. The lowest BCUT2D eigenvalue weighted by Gasteiger charge is -2.21. The minimum absolute atomic E-state index is 0.111. The monoisotopic (exact) mass is 255 g/mol. The van der Waals surface area contributed by atoms with Gasteiger partial charge in [0.05, 0.1) is 0 Å². The van der Waals surface area contributed by atoms with Crippen molar-refractivity contribution in [2.24, 2.45) is 0 Å². The van der Waals surface area contributed by atoms with Crippen molar-refractivity contribution in [3.63, 3.8) is 0 Å². The van der Waals surface area contributed by atoms with Crippen molar-refractivity contribution >= 4 is 16.7 Å². The molecule has 1 amide bonds. The number of aromatic hydroxyl groups is 1. The molecule has 98 valence electrons. The molecule has 3 nitrogen and oxygen atoms in total. The normalized spacial score (nSPS) is 19.0. The van der Waals surface area contributed by atoms with Crippen molar-refractivity contribution in [1.82, 2.24) is 4.90 Å². The summed E-state index contributed by atoms with van der Waals surface area (Å²) < 4.78 is 0. The average molecular weight is 255 g/mol. The quantitative estimate of drug-likeness (QED) is 0.850. The van der Waals surface area contributed by atoms with Gasteiger partial charge in [-0.05, 0) is 54.8 Å². The lowest BCUT2D eigenvalue weighted by molar-refractivity contribution is 0.0747. The first-order chi connectivity index (χ1) is 9.15. The standard InChI is InChI=1S/C16H17NO2/c1-11-3-2-8-17(11)16(19)14-5-4-13-10-15(18)7-6-12(13)9-14/h4-7,9-11,18H,2-3,8H2,1H3/t11-/m1/s1. The molecule has 0 aliphatic carbocycles. The van der Waals surface area contributed by atoms with Gasteiger partial charge in [0.2, 0.25) is 0 Å². The van der Waals surface area contributed by atoms with E-state index in [9.17, 15) is 9.90 Å².